The van der Waals surface area contributed by atoms with E-state index in [1.54, 1.807) is 0 Å². The Balaban J connectivity index is 1.97. The molecule has 0 nitrogen and oxygen atoms in total. The van der Waals surface area contributed by atoms with Gasteiger partial charge in [0, 0.05) is 0 Å². The molecule has 21 heavy (non-hydrogen) atoms. The fourth-order valence-electron chi connectivity index (χ4n) is 2.78. The van der Waals surface area contributed by atoms with Crippen LogP contribution in [-0.2, 0) is 0 Å². The number of rotatable bonds is 0. The minimum absolute atomic E-state index is 0.426. The second kappa shape index (κ2) is 4.67. The zero-order valence-corrected chi connectivity index (χ0v) is 17.0. The molecule has 0 N–H and O–H groups in total. The van der Waals surface area contributed by atoms with Gasteiger partial charge in [0.15, 0.2) is 0 Å². The molecule has 5 aromatic rings. The molecule has 0 saturated heterocycles. The van der Waals surface area contributed by atoms with Gasteiger partial charge in [0.1, 0.15) is 0 Å². The number of halogens is 2. The average molecular weight is 501 g/mol. The minimum atomic E-state index is 0.426. The van der Waals surface area contributed by atoms with Crippen molar-refractivity contribution in [1.29, 1.82) is 0 Å². The van der Waals surface area contributed by atoms with Crippen molar-refractivity contribution in [3.63, 3.8) is 0 Å². The van der Waals surface area contributed by atoms with Gasteiger partial charge in [-0.25, -0.2) is 0 Å². The van der Waals surface area contributed by atoms with Crippen molar-refractivity contribution in [3.05, 3.63) is 44.0 Å². The molecule has 0 aliphatic rings. The van der Waals surface area contributed by atoms with E-state index >= 15 is 0 Å². The molecule has 0 radical (unpaired) electrons. The summed E-state index contributed by atoms with van der Waals surface area (Å²) < 4.78 is 8.21. The molecule has 0 amide bonds. The Labute approximate surface area is 151 Å². The van der Waals surface area contributed by atoms with Gasteiger partial charge in [-0.15, -0.1) is 0 Å². The summed E-state index contributed by atoms with van der Waals surface area (Å²) in [6.45, 7) is 0. The van der Waals surface area contributed by atoms with Gasteiger partial charge in [0.05, 0.1) is 0 Å². The van der Waals surface area contributed by atoms with Gasteiger partial charge in [-0.3, -0.25) is 0 Å². The van der Waals surface area contributed by atoms with Gasteiger partial charge in [0.2, 0.25) is 0 Å². The third-order valence-corrected chi connectivity index (χ3v) is 9.23. The first-order valence-electron chi connectivity index (χ1n) is 6.32. The summed E-state index contributed by atoms with van der Waals surface area (Å²) in [5.74, 6) is 0. The summed E-state index contributed by atoms with van der Waals surface area (Å²) in [5, 5.41) is 5.62. The first-order valence-corrected chi connectivity index (χ1v) is 11.2. The molecule has 0 bridgehead atoms. The van der Waals surface area contributed by atoms with Crippen molar-refractivity contribution in [2.24, 2.45) is 0 Å². The number of thiophene rings is 2. The fraction of sp³-hybridized carbons (Fsp3) is 0. The molecule has 0 unspecified atom stereocenters. The molecule has 0 fully saturated rings. The zero-order chi connectivity index (χ0) is 14.1. The summed E-state index contributed by atoms with van der Waals surface area (Å²) >= 11 is 11.3. The van der Waals surface area contributed by atoms with Crippen LogP contribution in [0, 0.1) is 0 Å². The summed E-state index contributed by atoms with van der Waals surface area (Å²) in [6, 6.07) is 14.0. The van der Waals surface area contributed by atoms with Gasteiger partial charge >= 0.3 is 152 Å². The van der Waals surface area contributed by atoms with Gasteiger partial charge in [-0.1, -0.05) is 0 Å². The number of fused-ring (bicyclic) bond motifs is 5. The first-order chi connectivity index (χ1) is 10.2. The molecular weight excluding hydrogens is 495 g/mol. The summed E-state index contributed by atoms with van der Waals surface area (Å²) in [4.78, 5) is 0. The molecular formula is C16H6Br2S2Se. The van der Waals surface area contributed by atoms with Crippen molar-refractivity contribution < 1.29 is 0 Å². The van der Waals surface area contributed by atoms with Gasteiger partial charge in [-0.2, -0.15) is 0 Å². The van der Waals surface area contributed by atoms with E-state index in [-0.39, 0.29) is 0 Å². The van der Waals surface area contributed by atoms with Crippen LogP contribution in [0.1, 0.15) is 0 Å². The van der Waals surface area contributed by atoms with Crippen molar-refractivity contribution in [1.82, 2.24) is 0 Å². The summed E-state index contributed by atoms with van der Waals surface area (Å²) in [7, 11) is 0. The predicted molar refractivity (Wildman–Crippen MR) is 105 cm³/mol. The van der Waals surface area contributed by atoms with Crippen LogP contribution >= 0.6 is 54.5 Å². The third-order valence-electron chi connectivity index (χ3n) is 3.69. The Morgan fingerprint density at radius 3 is 1.62 bits per heavy atom. The maximum absolute atomic E-state index is 3.60. The molecule has 0 aliphatic heterocycles. The van der Waals surface area contributed by atoms with E-state index in [1.165, 1.54) is 47.0 Å². The monoisotopic (exact) mass is 500 g/mol. The topological polar surface area (TPSA) is 0 Å². The number of benzene rings is 2. The van der Waals surface area contributed by atoms with Crippen molar-refractivity contribution in [2.75, 3.05) is 0 Å². The standard InChI is InChI=1S/C16H6Br2S2Se/c17-15-3-7-1-13-9(5-11(7)19-15)10-6-12-8(2-14(10)21-13)4-16(18)20-12/h1-6H. The number of hydrogen-bond acceptors (Lipinski definition) is 2. The van der Waals surface area contributed by atoms with E-state index < -0.39 is 0 Å². The molecule has 0 spiro atoms. The second-order valence-electron chi connectivity index (χ2n) is 4.98. The van der Waals surface area contributed by atoms with E-state index in [9.17, 15) is 0 Å². The van der Waals surface area contributed by atoms with Crippen LogP contribution in [0.2, 0.25) is 0 Å². The fourth-order valence-corrected chi connectivity index (χ4v) is 8.38. The van der Waals surface area contributed by atoms with Crippen LogP contribution in [0.15, 0.2) is 44.0 Å². The van der Waals surface area contributed by atoms with E-state index in [0.717, 1.165) is 0 Å². The number of hydrogen-bond donors (Lipinski definition) is 0. The molecule has 2 aromatic carbocycles. The van der Waals surface area contributed by atoms with Crippen LogP contribution in [0.3, 0.4) is 0 Å². The van der Waals surface area contributed by atoms with E-state index in [2.05, 4.69) is 68.3 Å². The molecule has 0 saturated carbocycles. The quantitative estimate of drug-likeness (QED) is 0.201. The average Bonchev–Trinajstić information content (AvgIpc) is 3.05. The van der Waals surface area contributed by atoms with Crippen LogP contribution in [0.4, 0.5) is 0 Å². The molecule has 5 rings (SSSR count). The van der Waals surface area contributed by atoms with Gasteiger partial charge in [-0.05, 0) is 0 Å². The Morgan fingerprint density at radius 1 is 0.667 bits per heavy atom. The van der Waals surface area contributed by atoms with Crippen molar-refractivity contribution in [3.8, 4) is 0 Å². The Kier molecular flexibility index (Phi) is 2.96. The SMILES string of the molecule is Brc1cc2cc3[se]c4cc5cc(Br)sc5cc4c3cc2s1. The van der Waals surface area contributed by atoms with E-state index in [1.807, 2.05) is 22.7 Å². The van der Waals surface area contributed by atoms with Gasteiger partial charge in [0.25, 0.3) is 0 Å². The van der Waals surface area contributed by atoms with Crippen LogP contribution in [-0.4, -0.2) is 14.5 Å². The van der Waals surface area contributed by atoms with Crippen molar-refractivity contribution >= 4 is 109 Å². The zero-order valence-electron chi connectivity index (χ0n) is 10.4. The summed E-state index contributed by atoms with van der Waals surface area (Å²) in [6.07, 6.45) is 0. The molecule has 5 heteroatoms. The Morgan fingerprint density at radius 2 is 1.14 bits per heavy atom. The van der Waals surface area contributed by atoms with E-state index in [4.69, 9.17) is 0 Å². The predicted octanol–water partition coefficient (Wildman–Crippen LogP) is 7.00. The van der Waals surface area contributed by atoms with Crippen LogP contribution in [0.25, 0.3) is 39.5 Å². The normalized spacial score (nSPS) is 12.3. The molecule has 3 aromatic heterocycles. The molecule has 0 aliphatic carbocycles. The second-order valence-corrected chi connectivity index (χ2v) is 12.2. The summed E-state index contributed by atoms with van der Waals surface area (Å²) in [5.41, 5.74) is 0. The molecule has 3 heterocycles. The van der Waals surface area contributed by atoms with Crippen LogP contribution in [0.5, 0.6) is 0 Å². The Hall–Kier alpha value is -0.161. The maximum atomic E-state index is 3.60. The Bertz CT molecular complexity index is 1070. The first kappa shape index (κ1) is 13.3. The van der Waals surface area contributed by atoms with Gasteiger partial charge < -0.3 is 0 Å². The third kappa shape index (κ3) is 2.02. The molecule has 0 atom stereocenters. The molecule has 102 valence electrons. The van der Waals surface area contributed by atoms with E-state index in [0.29, 0.717) is 14.5 Å². The van der Waals surface area contributed by atoms with Crippen LogP contribution < -0.4 is 0 Å². The van der Waals surface area contributed by atoms with Crippen molar-refractivity contribution in [2.45, 2.75) is 0 Å².